The summed E-state index contributed by atoms with van der Waals surface area (Å²) < 4.78 is 26.9. The fourth-order valence-corrected chi connectivity index (χ4v) is 4.31. The number of rotatable bonds is 6. The number of benzene rings is 3. The highest BCUT2D eigenvalue weighted by molar-refractivity contribution is 6.31. The Labute approximate surface area is 192 Å². The molecular weight excluding hydrogens is 430 g/mol. The molecule has 1 saturated heterocycles. The largest absolute Gasteiger partial charge is 0.351 e. The van der Waals surface area contributed by atoms with Crippen LogP contribution in [0.5, 0.6) is 0 Å². The zero-order valence-corrected chi connectivity index (χ0v) is 18.6. The van der Waals surface area contributed by atoms with Crippen molar-refractivity contribution in [1.82, 2.24) is 10.2 Å². The van der Waals surface area contributed by atoms with Crippen LogP contribution in [0.15, 0.2) is 60.7 Å². The van der Waals surface area contributed by atoms with Gasteiger partial charge in [-0.2, -0.15) is 0 Å². The van der Waals surface area contributed by atoms with Crippen molar-refractivity contribution in [3.63, 3.8) is 0 Å². The molecule has 1 atom stereocenters. The van der Waals surface area contributed by atoms with E-state index in [1.165, 1.54) is 12.1 Å². The lowest BCUT2D eigenvalue weighted by Crippen LogP contribution is -2.42. The summed E-state index contributed by atoms with van der Waals surface area (Å²) >= 11 is 6.29. The van der Waals surface area contributed by atoms with E-state index >= 15 is 0 Å². The molecule has 0 spiro atoms. The Bertz CT molecular complexity index is 1130. The lowest BCUT2D eigenvalue weighted by atomic mass is 10.0. The number of amides is 1. The van der Waals surface area contributed by atoms with E-state index in [-0.39, 0.29) is 24.1 Å². The summed E-state index contributed by atoms with van der Waals surface area (Å²) in [6, 6.07) is 17.4. The van der Waals surface area contributed by atoms with Crippen LogP contribution in [0.2, 0.25) is 5.02 Å². The van der Waals surface area contributed by atoms with E-state index in [0.717, 1.165) is 52.7 Å². The molecule has 1 unspecified atom stereocenters. The Morgan fingerprint density at radius 3 is 2.69 bits per heavy atom. The molecule has 0 radical (unpaired) electrons. The Hall–Kier alpha value is -2.76. The lowest BCUT2D eigenvalue weighted by molar-refractivity contribution is -0.125. The molecule has 1 aliphatic heterocycles. The van der Waals surface area contributed by atoms with E-state index < -0.39 is 11.6 Å². The third-order valence-corrected chi connectivity index (χ3v) is 6.36. The van der Waals surface area contributed by atoms with E-state index in [1.54, 1.807) is 0 Å². The van der Waals surface area contributed by atoms with Gasteiger partial charge in [-0.15, -0.1) is 0 Å². The van der Waals surface area contributed by atoms with Gasteiger partial charge in [0, 0.05) is 29.7 Å². The second-order valence-corrected chi connectivity index (χ2v) is 8.65. The summed E-state index contributed by atoms with van der Waals surface area (Å²) in [5.74, 6) is -1.41. The molecule has 0 aromatic heterocycles. The van der Waals surface area contributed by atoms with Crippen molar-refractivity contribution >= 4 is 17.5 Å². The molecule has 1 aliphatic rings. The van der Waals surface area contributed by atoms with Crippen LogP contribution in [0, 0.1) is 18.6 Å². The van der Waals surface area contributed by atoms with Crippen LogP contribution >= 0.6 is 11.6 Å². The molecule has 166 valence electrons. The Kier molecular flexibility index (Phi) is 6.87. The van der Waals surface area contributed by atoms with Crippen molar-refractivity contribution in [2.45, 2.75) is 38.9 Å². The van der Waals surface area contributed by atoms with Crippen LogP contribution < -0.4 is 5.32 Å². The fraction of sp³-hybridized carbons (Fsp3) is 0.269. The molecule has 0 bridgehead atoms. The molecular formula is C26H25ClF2N2O. The molecule has 1 heterocycles. The maximum atomic E-state index is 13.9. The maximum Gasteiger partial charge on any atom is 0.237 e. The monoisotopic (exact) mass is 454 g/mol. The SMILES string of the molecule is Cc1ccc(-c2cccc(CN3CCCC3C(=O)NCc3ccc(F)cc3F)c2)cc1Cl. The Morgan fingerprint density at radius 2 is 1.91 bits per heavy atom. The molecule has 3 aromatic carbocycles. The van der Waals surface area contributed by atoms with E-state index in [2.05, 4.69) is 34.5 Å². The van der Waals surface area contributed by atoms with E-state index in [4.69, 9.17) is 11.6 Å². The summed E-state index contributed by atoms with van der Waals surface area (Å²) in [5, 5.41) is 3.55. The molecule has 0 aliphatic carbocycles. The van der Waals surface area contributed by atoms with Gasteiger partial charge in [-0.1, -0.05) is 48.0 Å². The van der Waals surface area contributed by atoms with Gasteiger partial charge in [0.1, 0.15) is 11.6 Å². The summed E-state index contributed by atoms with van der Waals surface area (Å²) in [6.45, 7) is 3.49. The average molecular weight is 455 g/mol. The third kappa shape index (κ3) is 5.17. The smallest absolute Gasteiger partial charge is 0.237 e. The number of nitrogens with zero attached hydrogens (tertiary/aromatic N) is 1. The number of carbonyl (C=O) groups is 1. The molecule has 0 saturated carbocycles. The van der Waals surface area contributed by atoms with Gasteiger partial charge in [0.15, 0.2) is 0 Å². The van der Waals surface area contributed by atoms with Gasteiger partial charge >= 0.3 is 0 Å². The predicted molar refractivity (Wildman–Crippen MR) is 123 cm³/mol. The highest BCUT2D eigenvalue weighted by Gasteiger charge is 2.30. The zero-order valence-electron chi connectivity index (χ0n) is 17.9. The minimum Gasteiger partial charge on any atom is -0.351 e. The van der Waals surface area contributed by atoms with Gasteiger partial charge in [0.25, 0.3) is 0 Å². The van der Waals surface area contributed by atoms with Crippen LogP contribution in [-0.2, 0) is 17.9 Å². The van der Waals surface area contributed by atoms with Crippen molar-refractivity contribution in [2.75, 3.05) is 6.54 Å². The Morgan fingerprint density at radius 1 is 1.09 bits per heavy atom. The number of carbonyl (C=O) groups excluding carboxylic acids is 1. The summed E-state index contributed by atoms with van der Waals surface area (Å²) in [7, 11) is 0. The number of likely N-dealkylation sites (tertiary alicyclic amines) is 1. The third-order valence-electron chi connectivity index (χ3n) is 5.95. The van der Waals surface area contributed by atoms with Crippen LogP contribution in [0.25, 0.3) is 11.1 Å². The van der Waals surface area contributed by atoms with Crippen LogP contribution in [0.4, 0.5) is 8.78 Å². The first-order chi connectivity index (χ1) is 15.4. The molecule has 1 fully saturated rings. The van der Waals surface area contributed by atoms with Crippen molar-refractivity contribution in [1.29, 1.82) is 0 Å². The number of hydrogen-bond donors (Lipinski definition) is 1. The summed E-state index contributed by atoms with van der Waals surface area (Å²) in [4.78, 5) is 14.9. The van der Waals surface area contributed by atoms with Gasteiger partial charge in [-0.3, -0.25) is 9.69 Å². The quantitative estimate of drug-likeness (QED) is 0.505. The maximum absolute atomic E-state index is 13.9. The van der Waals surface area contributed by atoms with Crippen LogP contribution in [-0.4, -0.2) is 23.4 Å². The highest BCUT2D eigenvalue weighted by atomic mass is 35.5. The van der Waals surface area contributed by atoms with E-state index in [0.29, 0.717) is 6.54 Å². The topological polar surface area (TPSA) is 32.3 Å². The molecule has 3 nitrogen and oxygen atoms in total. The number of nitrogens with one attached hydrogen (secondary N) is 1. The molecule has 4 rings (SSSR count). The second-order valence-electron chi connectivity index (χ2n) is 8.25. The highest BCUT2D eigenvalue weighted by Crippen LogP contribution is 2.27. The molecule has 32 heavy (non-hydrogen) atoms. The second kappa shape index (κ2) is 9.80. The van der Waals surface area contributed by atoms with Crippen LogP contribution in [0.3, 0.4) is 0 Å². The number of hydrogen-bond acceptors (Lipinski definition) is 2. The average Bonchev–Trinajstić information content (AvgIpc) is 3.23. The first-order valence-electron chi connectivity index (χ1n) is 10.7. The van der Waals surface area contributed by atoms with Gasteiger partial charge in [0.2, 0.25) is 5.91 Å². The Balaban J connectivity index is 1.42. The summed E-state index contributed by atoms with van der Waals surface area (Å²) in [5.41, 5.74) is 4.56. The van der Waals surface area contributed by atoms with Crippen LogP contribution in [0.1, 0.15) is 29.5 Å². The first-order valence-corrected chi connectivity index (χ1v) is 11.1. The van der Waals surface area contributed by atoms with Gasteiger partial charge in [-0.05, 0) is 66.8 Å². The molecule has 1 N–H and O–H groups in total. The lowest BCUT2D eigenvalue weighted by Gasteiger charge is -2.24. The normalized spacial score (nSPS) is 16.3. The van der Waals surface area contributed by atoms with Gasteiger partial charge in [-0.25, -0.2) is 8.78 Å². The van der Waals surface area contributed by atoms with E-state index in [9.17, 15) is 13.6 Å². The summed E-state index contributed by atoms with van der Waals surface area (Å²) in [6.07, 6.45) is 1.68. The zero-order chi connectivity index (χ0) is 22.7. The predicted octanol–water partition coefficient (Wildman–Crippen LogP) is 5.87. The minimum absolute atomic E-state index is 0.0406. The molecule has 3 aromatic rings. The minimum atomic E-state index is -0.651. The van der Waals surface area contributed by atoms with Gasteiger partial charge < -0.3 is 5.32 Å². The first kappa shape index (κ1) is 22.4. The van der Waals surface area contributed by atoms with Gasteiger partial charge in [0.05, 0.1) is 6.04 Å². The fourth-order valence-electron chi connectivity index (χ4n) is 4.13. The van der Waals surface area contributed by atoms with Crippen molar-refractivity contribution in [3.05, 3.63) is 94.0 Å². The van der Waals surface area contributed by atoms with Crippen molar-refractivity contribution in [3.8, 4) is 11.1 Å². The standard InChI is InChI=1S/C26H25ClF2N2O/c1-17-7-8-20(13-23(17)27)19-5-2-4-18(12-19)16-31-11-3-6-25(31)26(32)30-15-21-9-10-22(28)14-24(21)29/h2,4-5,7-10,12-14,25H,3,6,11,15-16H2,1H3,(H,30,32). The molecule has 6 heteroatoms. The molecule has 1 amide bonds. The van der Waals surface area contributed by atoms with Crippen molar-refractivity contribution < 1.29 is 13.6 Å². The number of halogens is 3. The number of aryl methyl sites for hydroxylation is 1. The van der Waals surface area contributed by atoms with E-state index in [1.807, 2.05) is 25.1 Å². The van der Waals surface area contributed by atoms with Crippen molar-refractivity contribution in [2.24, 2.45) is 0 Å².